The predicted molar refractivity (Wildman–Crippen MR) is 41.3 cm³/mol. The van der Waals surface area contributed by atoms with Gasteiger partial charge in [0.05, 0.1) is 0 Å². The third-order valence-electron chi connectivity index (χ3n) is 0.0714. The summed E-state index contributed by atoms with van der Waals surface area (Å²) in [7, 11) is 7.36. The van der Waals surface area contributed by atoms with E-state index in [1.807, 2.05) is 0 Å². The van der Waals surface area contributed by atoms with E-state index in [0.717, 1.165) is 0 Å². The Morgan fingerprint density at radius 1 is 1.12 bits per heavy atom. The molecule has 8 heavy (non-hydrogen) atoms. The SMILES string of the molecule is ClCCCl.[O-][S+](Cl)Cl. The van der Waals surface area contributed by atoms with Gasteiger partial charge in [0.2, 0.25) is 0 Å². The van der Waals surface area contributed by atoms with E-state index < -0.39 is 9.60 Å². The Bertz CT molecular complexity index is 30.5. The van der Waals surface area contributed by atoms with Crippen LogP contribution in [0.25, 0.3) is 0 Å². The van der Waals surface area contributed by atoms with Gasteiger partial charge in [0.15, 0.2) is 31.0 Å². The summed E-state index contributed by atoms with van der Waals surface area (Å²) in [5.74, 6) is 1.11. The Kier molecular flexibility index (Phi) is 17.2. The molecule has 0 amide bonds. The molecule has 0 bridgehead atoms. The normalized spacial score (nSPS) is 8.25. The van der Waals surface area contributed by atoms with Crippen molar-refractivity contribution >= 4 is 54.2 Å². The van der Waals surface area contributed by atoms with Crippen LogP contribution in [0.5, 0.6) is 0 Å². The molecule has 52 valence electrons. The van der Waals surface area contributed by atoms with E-state index >= 15 is 0 Å². The third kappa shape index (κ3) is 51.3. The first-order valence-electron chi connectivity index (χ1n) is 1.51. The summed E-state index contributed by atoms with van der Waals surface area (Å²) in [6, 6.07) is 0. The second kappa shape index (κ2) is 11.3. The zero-order valence-corrected chi connectivity index (χ0v) is 7.58. The standard InChI is InChI=1S/C2H4Cl2.Cl2OS/c3-1-2-4;1-4(2)3/h1-2H2;. The molecular weight excluding hydrogens is 214 g/mol. The molecule has 0 aromatic carbocycles. The van der Waals surface area contributed by atoms with E-state index in [0.29, 0.717) is 11.8 Å². The van der Waals surface area contributed by atoms with Crippen LogP contribution >= 0.6 is 44.6 Å². The molecule has 0 aromatic heterocycles. The number of hydrogen-bond acceptors (Lipinski definition) is 1. The highest BCUT2D eigenvalue weighted by Crippen LogP contribution is 1.98. The van der Waals surface area contributed by atoms with Crippen LogP contribution in [0.4, 0.5) is 0 Å². The van der Waals surface area contributed by atoms with Gasteiger partial charge in [-0.25, -0.2) is 0 Å². The minimum Gasteiger partial charge on any atom is -0.582 e. The zero-order chi connectivity index (χ0) is 6.99. The largest absolute Gasteiger partial charge is 0.582 e. The van der Waals surface area contributed by atoms with Crippen LogP contribution < -0.4 is 0 Å². The first-order chi connectivity index (χ1) is 3.65. The molecule has 0 spiro atoms. The second-order valence-corrected chi connectivity index (χ2v) is 3.84. The van der Waals surface area contributed by atoms with Crippen LogP contribution in [0.3, 0.4) is 0 Å². The van der Waals surface area contributed by atoms with Crippen LogP contribution in [0.15, 0.2) is 0 Å². The summed E-state index contributed by atoms with van der Waals surface area (Å²) in [5, 5.41) is 0. The lowest BCUT2D eigenvalue weighted by atomic mass is 11.0. The van der Waals surface area contributed by atoms with Gasteiger partial charge in [-0.1, -0.05) is 0 Å². The van der Waals surface area contributed by atoms with E-state index in [9.17, 15) is 0 Å². The minimum atomic E-state index is -1.67. The molecule has 0 radical (unpaired) electrons. The van der Waals surface area contributed by atoms with Crippen molar-refractivity contribution in [3.05, 3.63) is 0 Å². The predicted octanol–water partition coefficient (Wildman–Crippen LogP) is 2.51. The van der Waals surface area contributed by atoms with Gasteiger partial charge in [0.25, 0.3) is 0 Å². The van der Waals surface area contributed by atoms with E-state index in [4.69, 9.17) is 27.8 Å². The Hall–Kier alpha value is 1.47. The van der Waals surface area contributed by atoms with Gasteiger partial charge in [-0.3, -0.25) is 0 Å². The van der Waals surface area contributed by atoms with Gasteiger partial charge in [-0.2, -0.15) is 0 Å². The van der Waals surface area contributed by atoms with Crippen molar-refractivity contribution in [3.8, 4) is 0 Å². The number of hydrogen-bond donors (Lipinski definition) is 0. The van der Waals surface area contributed by atoms with Crippen molar-refractivity contribution in [2.75, 3.05) is 11.8 Å². The van der Waals surface area contributed by atoms with E-state index in [1.54, 1.807) is 0 Å². The Morgan fingerprint density at radius 2 is 1.25 bits per heavy atom. The lowest BCUT2D eigenvalue weighted by Gasteiger charge is -1.73. The summed E-state index contributed by atoms with van der Waals surface area (Å²) in [6.45, 7) is 0. The molecule has 0 unspecified atom stereocenters. The maximum absolute atomic E-state index is 9.09. The number of rotatable bonds is 1. The summed E-state index contributed by atoms with van der Waals surface area (Å²) < 4.78 is 9.09. The molecule has 0 aliphatic carbocycles. The Morgan fingerprint density at radius 3 is 1.25 bits per heavy atom. The third-order valence-corrected chi connectivity index (χ3v) is 0.643. The molecule has 1 nitrogen and oxygen atoms in total. The van der Waals surface area contributed by atoms with E-state index in [1.165, 1.54) is 0 Å². The van der Waals surface area contributed by atoms with Crippen molar-refractivity contribution in [1.29, 1.82) is 0 Å². The average Bonchev–Trinajstić information content (AvgIpc) is 1.65. The van der Waals surface area contributed by atoms with Crippen LogP contribution in [-0.4, -0.2) is 16.3 Å². The monoisotopic (exact) mass is 216 g/mol. The smallest absolute Gasteiger partial charge is 0.198 e. The van der Waals surface area contributed by atoms with Gasteiger partial charge < -0.3 is 4.55 Å². The lowest BCUT2D eigenvalue weighted by molar-refractivity contribution is 0.620. The van der Waals surface area contributed by atoms with Crippen LogP contribution in [-0.2, 0) is 9.60 Å². The van der Waals surface area contributed by atoms with Gasteiger partial charge in [-0.05, 0) is 0 Å². The van der Waals surface area contributed by atoms with Gasteiger partial charge in [-0.15, -0.1) is 23.2 Å². The second-order valence-electron chi connectivity index (χ2n) is 0.562. The highest BCUT2D eigenvalue weighted by atomic mass is 36.0. The van der Waals surface area contributed by atoms with Crippen LogP contribution in [0.2, 0.25) is 0 Å². The summed E-state index contributed by atoms with van der Waals surface area (Å²) >= 11 is 10.1. The minimum absolute atomic E-state index is 0.557. The van der Waals surface area contributed by atoms with Crippen molar-refractivity contribution in [3.63, 3.8) is 0 Å². The first-order valence-corrected chi connectivity index (χ1v) is 5.38. The highest BCUT2D eigenvalue weighted by molar-refractivity contribution is 8.31. The molecule has 0 aliphatic heterocycles. The number of halogens is 4. The zero-order valence-electron chi connectivity index (χ0n) is 3.74. The van der Waals surface area contributed by atoms with E-state index in [-0.39, 0.29) is 0 Å². The van der Waals surface area contributed by atoms with Crippen molar-refractivity contribution in [1.82, 2.24) is 0 Å². The summed E-state index contributed by atoms with van der Waals surface area (Å²) in [4.78, 5) is 0. The molecule has 0 aromatic rings. The average molecular weight is 218 g/mol. The molecule has 0 fully saturated rings. The first kappa shape index (κ1) is 12.2. The van der Waals surface area contributed by atoms with Crippen molar-refractivity contribution in [2.24, 2.45) is 0 Å². The molecule has 0 saturated carbocycles. The Balaban J connectivity index is 0. The van der Waals surface area contributed by atoms with Crippen molar-refractivity contribution in [2.45, 2.75) is 0 Å². The Labute approximate surface area is 70.4 Å². The summed E-state index contributed by atoms with van der Waals surface area (Å²) in [6.07, 6.45) is 0. The maximum atomic E-state index is 9.09. The molecule has 0 atom stereocenters. The van der Waals surface area contributed by atoms with Crippen LogP contribution in [0, 0.1) is 0 Å². The summed E-state index contributed by atoms with van der Waals surface area (Å²) in [5.41, 5.74) is 0. The molecule has 0 N–H and O–H groups in total. The maximum Gasteiger partial charge on any atom is 0.198 e. The molecule has 0 heterocycles. The molecule has 0 saturated heterocycles. The van der Waals surface area contributed by atoms with Crippen LogP contribution in [0.1, 0.15) is 0 Å². The topological polar surface area (TPSA) is 23.1 Å². The fourth-order valence-corrected chi connectivity index (χ4v) is 0. The van der Waals surface area contributed by atoms with Gasteiger partial charge in [0.1, 0.15) is 0 Å². The van der Waals surface area contributed by atoms with Gasteiger partial charge in [0, 0.05) is 11.8 Å². The van der Waals surface area contributed by atoms with Gasteiger partial charge >= 0.3 is 0 Å². The fourth-order valence-electron chi connectivity index (χ4n) is 0. The quantitative estimate of drug-likeness (QED) is 0.489. The molecule has 6 heteroatoms. The number of alkyl halides is 2. The fraction of sp³-hybridized carbons (Fsp3) is 1.00. The lowest BCUT2D eigenvalue weighted by Crippen LogP contribution is -1.63. The molecule has 0 rings (SSSR count). The van der Waals surface area contributed by atoms with Crippen molar-refractivity contribution < 1.29 is 4.55 Å². The molecule has 0 aliphatic rings. The highest BCUT2D eigenvalue weighted by Gasteiger charge is 1.83. The van der Waals surface area contributed by atoms with E-state index in [2.05, 4.69) is 21.4 Å². The molecular formula is C2H4Cl4OS.